The van der Waals surface area contributed by atoms with Gasteiger partial charge in [-0.1, -0.05) is 0 Å². The summed E-state index contributed by atoms with van der Waals surface area (Å²) < 4.78 is 56.0. The second-order valence-corrected chi connectivity index (χ2v) is 6.66. The van der Waals surface area contributed by atoms with E-state index in [9.17, 15) is 17.6 Å². The van der Waals surface area contributed by atoms with Crippen molar-refractivity contribution in [2.45, 2.75) is 13.3 Å². The number of rotatable bonds is 4. The summed E-state index contributed by atoms with van der Waals surface area (Å²) in [5.74, 6) is -0.179. The Morgan fingerprint density at radius 1 is 1.00 bits per heavy atom. The number of nitrogens with zero attached hydrogens (tertiary/aromatic N) is 3. The third-order valence-corrected chi connectivity index (χ3v) is 4.50. The van der Waals surface area contributed by atoms with E-state index < -0.39 is 6.36 Å². The van der Waals surface area contributed by atoms with Crippen LogP contribution < -0.4 is 10.1 Å². The number of benzene rings is 2. The average Bonchev–Trinajstić information content (AvgIpc) is 2.97. The predicted octanol–water partition coefficient (Wildman–Crippen LogP) is 5.73. The molecule has 0 atom stereocenters. The Hall–Kier alpha value is -3.62. The Morgan fingerprint density at radius 2 is 1.67 bits per heavy atom. The standard InChI is InChI=1S/C21H16F4N4O/c1-12-19-18(29(2)28-12)11-17(13-3-5-14(22)6-4-13)27-20(19)26-15-7-9-16(10-8-15)30-21(23,24)25/h3-11H,1-2H3,(H,26,27). The van der Waals surface area contributed by atoms with Gasteiger partial charge < -0.3 is 10.1 Å². The van der Waals surface area contributed by atoms with Crippen LogP contribution in [0.3, 0.4) is 0 Å². The number of alkyl halides is 3. The van der Waals surface area contributed by atoms with E-state index in [4.69, 9.17) is 0 Å². The van der Waals surface area contributed by atoms with E-state index in [1.54, 1.807) is 23.9 Å². The number of aryl methyl sites for hydroxylation is 2. The lowest BCUT2D eigenvalue weighted by atomic mass is 10.1. The second kappa shape index (κ2) is 7.33. The molecule has 0 aliphatic heterocycles. The number of hydrogen-bond acceptors (Lipinski definition) is 4. The number of pyridine rings is 1. The summed E-state index contributed by atoms with van der Waals surface area (Å²) in [4.78, 5) is 4.65. The Kier molecular flexibility index (Phi) is 4.81. The van der Waals surface area contributed by atoms with Crippen LogP contribution in [0.25, 0.3) is 22.2 Å². The highest BCUT2D eigenvalue weighted by Crippen LogP contribution is 2.32. The first-order valence-electron chi connectivity index (χ1n) is 8.93. The lowest BCUT2D eigenvalue weighted by Crippen LogP contribution is -2.16. The maximum Gasteiger partial charge on any atom is 0.573 e. The van der Waals surface area contributed by atoms with Crippen molar-refractivity contribution in [3.63, 3.8) is 0 Å². The minimum absolute atomic E-state index is 0.316. The van der Waals surface area contributed by atoms with E-state index in [2.05, 4.69) is 20.1 Å². The lowest BCUT2D eigenvalue weighted by molar-refractivity contribution is -0.274. The van der Waals surface area contributed by atoms with Gasteiger partial charge in [0.15, 0.2) is 0 Å². The van der Waals surface area contributed by atoms with E-state index >= 15 is 0 Å². The topological polar surface area (TPSA) is 52.0 Å². The quantitative estimate of drug-likeness (QED) is 0.432. The van der Waals surface area contributed by atoms with Gasteiger partial charge in [-0.25, -0.2) is 9.37 Å². The van der Waals surface area contributed by atoms with Gasteiger partial charge in [0.2, 0.25) is 0 Å². The minimum Gasteiger partial charge on any atom is -0.406 e. The molecular weight excluding hydrogens is 400 g/mol. The first-order valence-corrected chi connectivity index (χ1v) is 8.93. The van der Waals surface area contributed by atoms with Crippen molar-refractivity contribution in [1.82, 2.24) is 14.8 Å². The average molecular weight is 416 g/mol. The van der Waals surface area contributed by atoms with Gasteiger partial charge in [0.1, 0.15) is 17.4 Å². The lowest BCUT2D eigenvalue weighted by Gasteiger charge is -2.12. The van der Waals surface area contributed by atoms with Crippen LogP contribution in [0.5, 0.6) is 5.75 Å². The zero-order valence-electron chi connectivity index (χ0n) is 16.0. The van der Waals surface area contributed by atoms with Gasteiger partial charge in [-0.15, -0.1) is 13.2 Å². The van der Waals surface area contributed by atoms with Crippen LogP contribution in [0.15, 0.2) is 54.6 Å². The third kappa shape index (κ3) is 4.05. The number of fused-ring (bicyclic) bond motifs is 1. The molecule has 9 heteroatoms. The molecular formula is C21H16F4N4O. The van der Waals surface area contributed by atoms with Crippen LogP contribution in [0.1, 0.15) is 5.69 Å². The summed E-state index contributed by atoms with van der Waals surface area (Å²) in [5.41, 5.74) is 3.39. The molecule has 0 saturated carbocycles. The summed E-state index contributed by atoms with van der Waals surface area (Å²) in [6, 6.07) is 13.2. The maximum atomic E-state index is 13.3. The number of halogens is 4. The summed E-state index contributed by atoms with van der Waals surface area (Å²) in [7, 11) is 1.80. The van der Waals surface area contributed by atoms with E-state index in [0.29, 0.717) is 22.8 Å². The zero-order valence-corrected chi connectivity index (χ0v) is 16.0. The van der Waals surface area contributed by atoms with Crippen LogP contribution in [0.4, 0.5) is 29.1 Å². The summed E-state index contributed by atoms with van der Waals surface area (Å²) >= 11 is 0. The summed E-state index contributed by atoms with van der Waals surface area (Å²) in [6.07, 6.45) is -4.75. The van der Waals surface area contributed by atoms with Crippen molar-refractivity contribution in [3.8, 4) is 17.0 Å². The molecule has 0 amide bonds. The zero-order chi connectivity index (χ0) is 21.5. The molecule has 5 nitrogen and oxygen atoms in total. The van der Waals surface area contributed by atoms with Crippen LogP contribution in [-0.4, -0.2) is 21.1 Å². The molecule has 2 aromatic carbocycles. The molecule has 0 fully saturated rings. The first kappa shape index (κ1) is 19.7. The fourth-order valence-corrected chi connectivity index (χ4v) is 3.21. The van der Waals surface area contributed by atoms with Gasteiger partial charge in [-0.2, -0.15) is 5.10 Å². The molecule has 0 spiro atoms. The molecule has 0 bridgehead atoms. The van der Waals surface area contributed by atoms with Crippen molar-refractivity contribution in [1.29, 1.82) is 0 Å². The second-order valence-electron chi connectivity index (χ2n) is 6.66. The minimum atomic E-state index is -4.75. The van der Waals surface area contributed by atoms with Crippen molar-refractivity contribution in [3.05, 3.63) is 66.1 Å². The van der Waals surface area contributed by atoms with Gasteiger partial charge in [0, 0.05) is 18.3 Å². The van der Waals surface area contributed by atoms with E-state index in [0.717, 1.165) is 16.6 Å². The summed E-state index contributed by atoms with van der Waals surface area (Å²) in [5, 5.41) is 8.34. The summed E-state index contributed by atoms with van der Waals surface area (Å²) in [6.45, 7) is 1.84. The molecule has 0 radical (unpaired) electrons. The smallest absolute Gasteiger partial charge is 0.406 e. The molecule has 30 heavy (non-hydrogen) atoms. The van der Waals surface area contributed by atoms with Crippen LogP contribution in [0.2, 0.25) is 0 Å². The van der Waals surface area contributed by atoms with Crippen molar-refractivity contribution in [2.75, 3.05) is 5.32 Å². The first-order chi connectivity index (χ1) is 14.2. The Labute approximate surface area is 168 Å². The van der Waals surface area contributed by atoms with Crippen LogP contribution >= 0.6 is 0 Å². The van der Waals surface area contributed by atoms with Gasteiger partial charge in [-0.05, 0) is 61.5 Å². The molecule has 0 aliphatic rings. The van der Waals surface area contributed by atoms with Gasteiger partial charge in [0.05, 0.1) is 22.3 Å². The number of anilines is 2. The maximum absolute atomic E-state index is 13.3. The Balaban J connectivity index is 1.74. The van der Waals surface area contributed by atoms with Crippen molar-refractivity contribution < 1.29 is 22.3 Å². The van der Waals surface area contributed by atoms with E-state index in [1.165, 1.54) is 36.4 Å². The largest absolute Gasteiger partial charge is 0.573 e. The van der Waals surface area contributed by atoms with Gasteiger partial charge in [0.25, 0.3) is 0 Å². The Bertz CT molecular complexity index is 1200. The molecule has 2 aromatic heterocycles. The predicted molar refractivity (Wildman–Crippen MR) is 105 cm³/mol. The number of ether oxygens (including phenoxy) is 1. The molecule has 0 unspecified atom stereocenters. The molecule has 0 saturated heterocycles. The fraction of sp³-hybridized carbons (Fsp3) is 0.143. The highest BCUT2D eigenvalue weighted by atomic mass is 19.4. The molecule has 1 N–H and O–H groups in total. The van der Waals surface area contributed by atoms with E-state index in [1.807, 2.05) is 13.0 Å². The van der Waals surface area contributed by atoms with Crippen LogP contribution in [0, 0.1) is 12.7 Å². The van der Waals surface area contributed by atoms with Crippen LogP contribution in [-0.2, 0) is 7.05 Å². The van der Waals surface area contributed by atoms with Gasteiger partial charge in [-0.3, -0.25) is 4.68 Å². The Morgan fingerprint density at radius 3 is 2.30 bits per heavy atom. The molecule has 4 rings (SSSR count). The highest BCUT2D eigenvalue weighted by Gasteiger charge is 2.31. The highest BCUT2D eigenvalue weighted by molar-refractivity contribution is 5.95. The number of hydrogen-bond donors (Lipinski definition) is 1. The number of nitrogens with one attached hydrogen (secondary N) is 1. The molecule has 2 heterocycles. The number of aromatic nitrogens is 3. The molecule has 154 valence electrons. The fourth-order valence-electron chi connectivity index (χ4n) is 3.21. The van der Waals surface area contributed by atoms with Gasteiger partial charge >= 0.3 is 6.36 Å². The van der Waals surface area contributed by atoms with Crippen molar-refractivity contribution in [2.24, 2.45) is 7.05 Å². The third-order valence-electron chi connectivity index (χ3n) is 4.50. The normalized spacial score (nSPS) is 11.7. The molecule has 4 aromatic rings. The van der Waals surface area contributed by atoms with E-state index in [-0.39, 0.29) is 11.6 Å². The monoisotopic (exact) mass is 416 g/mol. The molecule has 0 aliphatic carbocycles. The van der Waals surface area contributed by atoms with Crippen molar-refractivity contribution >= 4 is 22.4 Å². The SMILES string of the molecule is Cc1nn(C)c2cc(-c3ccc(F)cc3)nc(Nc3ccc(OC(F)(F)F)cc3)c12.